The van der Waals surface area contributed by atoms with Crippen molar-refractivity contribution in [2.75, 3.05) is 13.2 Å². The molecule has 1 aliphatic rings. The van der Waals surface area contributed by atoms with Gasteiger partial charge in [0.2, 0.25) is 5.78 Å². The maximum atomic E-state index is 13.8. The molecule has 0 radical (unpaired) electrons. The van der Waals surface area contributed by atoms with E-state index in [1.54, 1.807) is 0 Å². The summed E-state index contributed by atoms with van der Waals surface area (Å²) in [5, 5.41) is 0. The number of carbonyl (C=O) groups is 1. The molecule has 1 aliphatic carbocycles. The third-order valence-electron chi connectivity index (χ3n) is 3.86. The monoisotopic (exact) mass is 336 g/mol. The number of hydrogen-bond donors (Lipinski definition) is 0. The van der Waals surface area contributed by atoms with E-state index in [1.807, 2.05) is 6.92 Å². The third kappa shape index (κ3) is 3.88. The lowest BCUT2D eigenvalue weighted by Crippen LogP contribution is -2.37. The number of carbonyl (C=O) groups excluding carboxylic acids is 1. The molecular weight excluding hydrogens is 319 g/mol. The van der Waals surface area contributed by atoms with E-state index >= 15 is 0 Å². The second-order valence-corrected chi connectivity index (χ2v) is 5.66. The van der Waals surface area contributed by atoms with Crippen LogP contribution in [0.5, 0.6) is 0 Å². The van der Waals surface area contributed by atoms with Crippen LogP contribution < -0.4 is 0 Å². The lowest BCUT2D eigenvalue weighted by molar-refractivity contribution is -0.137. The number of ether oxygens (including phenoxy) is 1. The lowest BCUT2D eigenvalue weighted by atomic mass is 9.79. The number of benzene rings is 1. The first-order valence-electron chi connectivity index (χ1n) is 7.38. The van der Waals surface area contributed by atoms with Crippen LogP contribution in [-0.2, 0) is 10.9 Å². The van der Waals surface area contributed by atoms with E-state index < -0.39 is 35.8 Å². The Morgan fingerprint density at radius 3 is 2.61 bits per heavy atom. The van der Waals surface area contributed by atoms with E-state index in [1.165, 1.54) is 0 Å². The molecule has 128 valence electrons. The van der Waals surface area contributed by atoms with Crippen molar-refractivity contribution in [1.29, 1.82) is 0 Å². The van der Waals surface area contributed by atoms with Crippen LogP contribution in [-0.4, -0.2) is 24.9 Å². The predicted octanol–water partition coefficient (Wildman–Crippen LogP) is 4.83. The predicted molar refractivity (Wildman–Crippen MR) is 73.8 cm³/mol. The molecule has 0 N–H and O–H groups in total. The molecule has 1 unspecified atom stereocenters. The number of rotatable bonds is 5. The van der Waals surface area contributed by atoms with E-state index in [-0.39, 0.29) is 17.7 Å². The summed E-state index contributed by atoms with van der Waals surface area (Å²) < 4.78 is 71.4. The Morgan fingerprint density at radius 1 is 1.30 bits per heavy atom. The summed E-state index contributed by atoms with van der Waals surface area (Å²) in [6.07, 6.45) is -3.83. The molecule has 2 nitrogen and oxygen atoms in total. The minimum absolute atomic E-state index is 0.00718. The van der Waals surface area contributed by atoms with Gasteiger partial charge >= 0.3 is 12.1 Å². The van der Waals surface area contributed by atoms with Crippen LogP contribution in [0.2, 0.25) is 0 Å². The quantitative estimate of drug-likeness (QED) is 0.569. The zero-order chi connectivity index (χ0) is 17.3. The molecule has 0 heterocycles. The topological polar surface area (TPSA) is 26.3 Å². The second-order valence-electron chi connectivity index (χ2n) is 5.66. The van der Waals surface area contributed by atoms with Crippen molar-refractivity contribution in [1.82, 2.24) is 0 Å². The molecule has 23 heavy (non-hydrogen) atoms. The molecule has 7 heteroatoms. The molecule has 1 aromatic carbocycles. The van der Waals surface area contributed by atoms with Gasteiger partial charge in [0.15, 0.2) is 0 Å². The Morgan fingerprint density at radius 2 is 2.00 bits per heavy atom. The Kier molecular flexibility index (Phi) is 5.08. The summed E-state index contributed by atoms with van der Waals surface area (Å²) in [4.78, 5) is 11.7. The normalized spacial score (nSPS) is 20.4. The molecule has 0 saturated carbocycles. The largest absolute Gasteiger partial charge is 0.416 e. The Bertz CT molecular complexity index is 580. The van der Waals surface area contributed by atoms with Crippen LogP contribution in [0.4, 0.5) is 22.0 Å². The molecule has 0 bridgehead atoms. The maximum Gasteiger partial charge on any atom is 0.416 e. The van der Waals surface area contributed by atoms with Crippen LogP contribution in [0, 0.1) is 0 Å². The Balaban J connectivity index is 2.33. The highest BCUT2D eigenvalue weighted by Gasteiger charge is 2.48. The van der Waals surface area contributed by atoms with Crippen LogP contribution >= 0.6 is 0 Å². The molecular formula is C16H17F5O2. The SMILES string of the molecule is CCCCOCC1CC(F)(F)C(=O)c2ccc(C(F)(F)F)cc21. The van der Waals surface area contributed by atoms with Gasteiger partial charge in [-0.3, -0.25) is 4.79 Å². The molecule has 0 amide bonds. The van der Waals surface area contributed by atoms with Gasteiger partial charge in [0.25, 0.3) is 0 Å². The van der Waals surface area contributed by atoms with Gasteiger partial charge < -0.3 is 4.74 Å². The number of alkyl halides is 5. The number of unbranched alkanes of at least 4 members (excludes halogenated alkanes) is 1. The van der Waals surface area contributed by atoms with E-state index in [2.05, 4.69) is 0 Å². The standard InChI is InChI=1S/C16H17F5O2/c1-2-3-6-23-9-10-8-15(17,18)14(22)12-5-4-11(7-13(10)12)16(19,20)21/h4-5,7,10H,2-3,6,8-9H2,1H3. The highest BCUT2D eigenvalue weighted by atomic mass is 19.4. The molecule has 0 fully saturated rings. The average molecular weight is 336 g/mol. The van der Waals surface area contributed by atoms with Crippen LogP contribution in [0.25, 0.3) is 0 Å². The van der Waals surface area contributed by atoms with Gasteiger partial charge in [0.05, 0.1) is 12.2 Å². The Hall–Kier alpha value is -1.50. The fourth-order valence-electron chi connectivity index (χ4n) is 2.61. The summed E-state index contributed by atoms with van der Waals surface area (Å²) in [5.74, 6) is -5.94. The van der Waals surface area contributed by atoms with E-state index in [4.69, 9.17) is 4.74 Å². The molecule has 0 saturated heterocycles. The van der Waals surface area contributed by atoms with Gasteiger partial charge in [0, 0.05) is 24.5 Å². The smallest absolute Gasteiger partial charge is 0.381 e. The zero-order valence-corrected chi connectivity index (χ0v) is 12.6. The van der Waals surface area contributed by atoms with Crippen molar-refractivity contribution in [2.45, 2.75) is 44.2 Å². The molecule has 2 rings (SSSR count). The van der Waals surface area contributed by atoms with Gasteiger partial charge in [-0.25, -0.2) is 0 Å². The lowest BCUT2D eigenvalue weighted by Gasteiger charge is -2.30. The summed E-state index contributed by atoms with van der Waals surface area (Å²) in [6, 6.07) is 2.29. The first-order valence-corrected chi connectivity index (χ1v) is 7.38. The van der Waals surface area contributed by atoms with Gasteiger partial charge in [-0.1, -0.05) is 19.4 Å². The van der Waals surface area contributed by atoms with Crippen molar-refractivity contribution in [3.63, 3.8) is 0 Å². The van der Waals surface area contributed by atoms with Crippen molar-refractivity contribution in [3.8, 4) is 0 Å². The first kappa shape index (κ1) is 17.8. The number of ketones is 1. The minimum Gasteiger partial charge on any atom is -0.381 e. The van der Waals surface area contributed by atoms with E-state index in [0.29, 0.717) is 12.7 Å². The molecule has 0 aromatic heterocycles. The second kappa shape index (κ2) is 6.55. The highest BCUT2D eigenvalue weighted by Crippen LogP contribution is 2.42. The maximum absolute atomic E-state index is 13.8. The van der Waals surface area contributed by atoms with Gasteiger partial charge in [0.1, 0.15) is 0 Å². The number of fused-ring (bicyclic) bond motifs is 1. The highest BCUT2D eigenvalue weighted by molar-refractivity contribution is 6.04. The fourth-order valence-corrected chi connectivity index (χ4v) is 2.61. The van der Waals surface area contributed by atoms with Crippen LogP contribution in [0.3, 0.4) is 0 Å². The van der Waals surface area contributed by atoms with Crippen molar-refractivity contribution >= 4 is 5.78 Å². The van der Waals surface area contributed by atoms with Gasteiger partial charge in [-0.05, 0) is 24.1 Å². The van der Waals surface area contributed by atoms with Crippen LogP contribution in [0.15, 0.2) is 18.2 Å². The summed E-state index contributed by atoms with van der Waals surface area (Å²) in [6.45, 7) is 2.15. The number of hydrogen-bond acceptors (Lipinski definition) is 2. The van der Waals surface area contributed by atoms with Crippen LogP contribution in [0.1, 0.15) is 53.6 Å². The summed E-state index contributed by atoms with van der Waals surface area (Å²) in [5.41, 5.74) is -1.31. The fraction of sp³-hybridized carbons (Fsp3) is 0.562. The first-order chi connectivity index (χ1) is 10.7. The summed E-state index contributed by atoms with van der Waals surface area (Å²) in [7, 11) is 0. The number of halogens is 5. The molecule has 1 atom stereocenters. The minimum atomic E-state index is -4.59. The molecule has 0 aliphatic heterocycles. The van der Waals surface area contributed by atoms with Crippen molar-refractivity contribution in [3.05, 3.63) is 34.9 Å². The Labute approximate surface area is 130 Å². The zero-order valence-electron chi connectivity index (χ0n) is 12.6. The van der Waals surface area contributed by atoms with Crippen molar-refractivity contribution in [2.24, 2.45) is 0 Å². The summed E-state index contributed by atoms with van der Waals surface area (Å²) >= 11 is 0. The van der Waals surface area contributed by atoms with Crippen molar-refractivity contribution < 1.29 is 31.5 Å². The number of Topliss-reactive ketones (excluding diaryl/α,β-unsaturated/α-hetero) is 1. The van der Waals surface area contributed by atoms with Gasteiger partial charge in [-0.15, -0.1) is 0 Å². The van der Waals surface area contributed by atoms with Gasteiger partial charge in [-0.2, -0.15) is 22.0 Å². The van der Waals surface area contributed by atoms with E-state index in [0.717, 1.165) is 25.0 Å². The molecule has 1 aromatic rings. The average Bonchev–Trinajstić information content (AvgIpc) is 2.47. The molecule has 0 spiro atoms. The third-order valence-corrected chi connectivity index (χ3v) is 3.86. The van der Waals surface area contributed by atoms with E-state index in [9.17, 15) is 26.7 Å².